The first-order chi connectivity index (χ1) is 14.5. The molecule has 154 valence electrons. The number of aromatic nitrogens is 3. The highest BCUT2D eigenvalue weighted by Gasteiger charge is 2.49. The largest absolute Gasteiger partial charge is 0.351 e. The molecule has 5 rings (SSSR count). The fourth-order valence-electron chi connectivity index (χ4n) is 4.09. The number of nitrogens with zero attached hydrogens (tertiary/aromatic N) is 4. The smallest absolute Gasteiger partial charge is 0.292 e. The molecule has 1 N–H and O–H groups in total. The fourth-order valence-corrected chi connectivity index (χ4v) is 6.08. The molecule has 3 aromatic rings. The zero-order chi connectivity index (χ0) is 20.7. The summed E-state index contributed by atoms with van der Waals surface area (Å²) < 4.78 is 30.6. The molecule has 0 bridgehead atoms. The van der Waals surface area contributed by atoms with Crippen molar-refractivity contribution in [2.75, 3.05) is 18.4 Å². The van der Waals surface area contributed by atoms with Gasteiger partial charge in [0.15, 0.2) is 9.84 Å². The summed E-state index contributed by atoms with van der Waals surface area (Å²) in [4.78, 5) is 23.1. The second-order valence-corrected chi connectivity index (χ2v) is 9.70. The van der Waals surface area contributed by atoms with Gasteiger partial charge in [-0.25, -0.2) is 18.4 Å². The van der Waals surface area contributed by atoms with Crippen molar-refractivity contribution in [1.29, 1.82) is 0 Å². The number of hydrogen-bond acceptors (Lipinski definition) is 8. The Morgan fingerprint density at radius 1 is 1.20 bits per heavy atom. The molecule has 2 atom stereocenters. The predicted octanol–water partition coefficient (Wildman–Crippen LogP) is 1.61. The van der Waals surface area contributed by atoms with E-state index in [-0.39, 0.29) is 30.5 Å². The van der Waals surface area contributed by atoms with Crippen molar-refractivity contribution in [3.63, 3.8) is 0 Å². The van der Waals surface area contributed by atoms with Gasteiger partial charge in [0.05, 0.1) is 22.9 Å². The van der Waals surface area contributed by atoms with Gasteiger partial charge in [-0.3, -0.25) is 4.79 Å². The first-order valence-electron chi connectivity index (χ1n) is 9.56. The Balaban J connectivity index is 1.41. The summed E-state index contributed by atoms with van der Waals surface area (Å²) in [7, 11) is -3.42. The minimum atomic E-state index is -3.42. The first-order valence-corrected chi connectivity index (χ1v) is 11.3. The molecule has 0 saturated carbocycles. The van der Waals surface area contributed by atoms with Crippen LogP contribution in [0.5, 0.6) is 0 Å². The lowest BCUT2D eigenvalue weighted by atomic mass is 10.00. The summed E-state index contributed by atoms with van der Waals surface area (Å²) in [6, 6.07) is 11.3. The summed E-state index contributed by atoms with van der Waals surface area (Å²) in [5, 5.41) is 6.06. The summed E-state index contributed by atoms with van der Waals surface area (Å²) in [5.41, 5.74) is 2.37. The number of rotatable bonds is 4. The van der Waals surface area contributed by atoms with E-state index in [0.29, 0.717) is 23.8 Å². The molecule has 1 fully saturated rings. The lowest BCUT2D eigenvalue weighted by molar-refractivity contribution is 0.0749. The van der Waals surface area contributed by atoms with Gasteiger partial charge in [-0.15, -0.1) is 0 Å². The average Bonchev–Trinajstić information content (AvgIpc) is 3.43. The van der Waals surface area contributed by atoms with E-state index in [1.807, 2.05) is 30.3 Å². The summed E-state index contributed by atoms with van der Waals surface area (Å²) >= 11 is 0. The Labute approximate surface area is 173 Å². The molecular formula is C20H19N5O4S. The van der Waals surface area contributed by atoms with Crippen molar-refractivity contribution in [3.8, 4) is 0 Å². The van der Waals surface area contributed by atoms with Crippen LogP contribution in [0.2, 0.25) is 0 Å². The van der Waals surface area contributed by atoms with Crippen LogP contribution in [0.15, 0.2) is 53.3 Å². The highest BCUT2D eigenvalue weighted by Crippen LogP contribution is 2.39. The molecule has 1 saturated heterocycles. The van der Waals surface area contributed by atoms with E-state index < -0.39 is 21.0 Å². The molecule has 0 radical (unpaired) electrons. The maximum Gasteiger partial charge on any atom is 0.292 e. The number of benzene rings is 1. The third-order valence-electron chi connectivity index (χ3n) is 5.56. The van der Waals surface area contributed by atoms with Gasteiger partial charge >= 0.3 is 0 Å². The molecule has 10 heteroatoms. The monoisotopic (exact) mass is 425 g/mol. The van der Waals surface area contributed by atoms with E-state index in [1.54, 1.807) is 6.20 Å². The number of amides is 1. The molecule has 30 heavy (non-hydrogen) atoms. The van der Waals surface area contributed by atoms with Gasteiger partial charge in [-0.1, -0.05) is 35.5 Å². The van der Waals surface area contributed by atoms with E-state index in [9.17, 15) is 13.2 Å². The number of carbonyl (C=O) groups excluding carboxylic acids is 1. The zero-order valence-corrected chi connectivity index (χ0v) is 16.7. The van der Waals surface area contributed by atoms with Crippen molar-refractivity contribution < 1.29 is 17.7 Å². The number of fused-ring (bicyclic) bond motifs is 3. The van der Waals surface area contributed by atoms with E-state index >= 15 is 0 Å². The van der Waals surface area contributed by atoms with E-state index in [1.165, 1.54) is 17.2 Å². The van der Waals surface area contributed by atoms with Crippen LogP contribution in [0, 0.1) is 0 Å². The van der Waals surface area contributed by atoms with Crippen molar-refractivity contribution in [3.05, 3.63) is 71.4 Å². The fraction of sp³-hybridized carbons (Fsp3) is 0.300. The van der Waals surface area contributed by atoms with Gasteiger partial charge in [-0.2, -0.15) is 0 Å². The molecule has 4 heterocycles. The maximum atomic E-state index is 12.8. The van der Waals surface area contributed by atoms with Crippen molar-refractivity contribution in [2.45, 2.75) is 23.5 Å². The Bertz CT molecular complexity index is 1180. The highest BCUT2D eigenvalue weighted by molar-refractivity contribution is 7.91. The number of carbonyl (C=O) groups is 1. The number of nitrogens with one attached hydrogen (secondary N) is 1. The van der Waals surface area contributed by atoms with Gasteiger partial charge in [0.25, 0.3) is 5.91 Å². The van der Waals surface area contributed by atoms with Crippen LogP contribution in [-0.2, 0) is 22.1 Å². The number of hydrogen-bond donors (Lipinski definition) is 1. The predicted molar refractivity (Wildman–Crippen MR) is 107 cm³/mol. The molecular weight excluding hydrogens is 406 g/mol. The third kappa shape index (κ3) is 3.32. The molecule has 1 aromatic carbocycles. The lowest BCUT2D eigenvalue weighted by Crippen LogP contribution is -2.35. The minimum absolute atomic E-state index is 0.0965. The first kappa shape index (κ1) is 18.7. The molecule has 2 aliphatic rings. The van der Waals surface area contributed by atoms with Crippen molar-refractivity contribution in [1.82, 2.24) is 20.0 Å². The molecule has 2 aromatic heterocycles. The quantitative estimate of drug-likeness (QED) is 0.670. The van der Waals surface area contributed by atoms with Gasteiger partial charge < -0.3 is 14.7 Å². The van der Waals surface area contributed by atoms with E-state index in [0.717, 1.165) is 5.56 Å². The summed E-state index contributed by atoms with van der Waals surface area (Å²) in [6.07, 6.45) is 2.96. The van der Waals surface area contributed by atoms with E-state index in [2.05, 4.69) is 20.4 Å². The van der Waals surface area contributed by atoms with Crippen LogP contribution in [0.25, 0.3) is 0 Å². The third-order valence-corrected chi connectivity index (χ3v) is 7.68. The Morgan fingerprint density at radius 2 is 2.03 bits per heavy atom. The standard InChI is InChI=1S/C20H19N5O4S/c26-19(16-6-7-23-29-16)25-10-15-17(11-25)30(27,28)12-14-9-22-20(24-18(14)15)21-8-13-4-2-1-3-5-13/h1-7,9,15,17H,8,10-12H2,(H,21,22,24)/t15-,17+/m0/s1. The molecule has 0 aliphatic carbocycles. The minimum Gasteiger partial charge on any atom is -0.351 e. The second-order valence-electron chi connectivity index (χ2n) is 7.48. The van der Waals surface area contributed by atoms with Crippen LogP contribution in [0.3, 0.4) is 0 Å². The van der Waals surface area contributed by atoms with E-state index in [4.69, 9.17) is 4.52 Å². The molecule has 2 aliphatic heterocycles. The van der Waals surface area contributed by atoms with Gasteiger partial charge in [0, 0.05) is 43.4 Å². The zero-order valence-electron chi connectivity index (χ0n) is 15.9. The van der Waals surface area contributed by atoms with Crippen LogP contribution < -0.4 is 5.32 Å². The molecule has 1 amide bonds. The van der Waals surface area contributed by atoms with Crippen LogP contribution >= 0.6 is 0 Å². The van der Waals surface area contributed by atoms with Gasteiger partial charge in [0.2, 0.25) is 11.7 Å². The molecule has 0 unspecified atom stereocenters. The van der Waals surface area contributed by atoms with Crippen LogP contribution in [0.1, 0.15) is 33.3 Å². The topological polar surface area (TPSA) is 118 Å². The normalized spacial score (nSPS) is 21.7. The van der Waals surface area contributed by atoms with Crippen molar-refractivity contribution in [2.24, 2.45) is 0 Å². The second kappa shape index (κ2) is 7.21. The number of likely N-dealkylation sites (tertiary alicyclic amines) is 1. The molecule has 9 nitrogen and oxygen atoms in total. The molecule has 0 spiro atoms. The van der Waals surface area contributed by atoms with Gasteiger partial charge in [0.1, 0.15) is 0 Å². The highest BCUT2D eigenvalue weighted by atomic mass is 32.2. The Hall–Kier alpha value is -3.27. The number of sulfone groups is 1. The van der Waals surface area contributed by atoms with Crippen LogP contribution in [0.4, 0.5) is 5.95 Å². The van der Waals surface area contributed by atoms with Gasteiger partial charge in [-0.05, 0) is 5.56 Å². The average molecular weight is 425 g/mol. The SMILES string of the molecule is O=C(c1ccno1)N1C[C@@H]2c3nc(NCc4ccccc4)ncc3CS(=O)(=O)[C@@H]2C1. The lowest BCUT2D eigenvalue weighted by Gasteiger charge is -2.26. The number of anilines is 1. The summed E-state index contributed by atoms with van der Waals surface area (Å²) in [6.45, 7) is 0.927. The van der Waals surface area contributed by atoms with Crippen LogP contribution in [-0.4, -0.2) is 52.7 Å². The van der Waals surface area contributed by atoms with Crippen molar-refractivity contribution >= 4 is 21.7 Å². The Kier molecular flexibility index (Phi) is 4.50. The maximum absolute atomic E-state index is 12.8. The Morgan fingerprint density at radius 3 is 2.80 bits per heavy atom. The summed E-state index contributed by atoms with van der Waals surface area (Å²) in [5.74, 6) is -0.344.